The molecule has 0 saturated heterocycles. The van der Waals surface area contributed by atoms with Crippen molar-refractivity contribution in [3.63, 3.8) is 0 Å². The van der Waals surface area contributed by atoms with Crippen LogP contribution in [0.25, 0.3) is 4.85 Å². The summed E-state index contributed by atoms with van der Waals surface area (Å²) in [5.74, 6) is 1.28. The molecule has 2 aromatic carbocycles. The van der Waals surface area contributed by atoms with Crippen LogP contribution in [0, 0.1) is 12.0 Å². The number of hydrogen-bond donors (Lipinski definition) is 0. The van der Waals surface area contributed by atoms with Gasteiger partial charge in [0.25, 0.3) is 0 Å². The van der Waals surface area contributed by atoms with E-state index >= 15 is 0 Å². The van der Waals surface area contributed by atoms with Crippen molar-refractivity contribution in [2.24, 2.45) is 15.4 Å². The molecule has 34 heavy (non-hydrogen) atoms. The van der Waals surface area contributed by atoms with Crippen molar-refractivity contribution < 1.29 is 15.6 Å². The summed E-state index contributed by atoms with van der Waals surface area (Å²) < 4.78 is 6.10. The smallest absolute Gasteiger partial charge is 0.236 e. The number of benzene rings is 2. The van der Waals surface area contributed by atoms with Crippen LogP contribution < -0.4 is 0 Å². The number of halogens is 2. The zero-order chi connectivity index (χ0) is 25.5. The fourth-order valence-electron chi connectivity index (χ4n) is 3.63. The van der Waals surface area contributed by atoms with Gasteiger partial charge in [0, 0.05) is 5.56 Å². The minimum Gasteiger partial charge on any atom is -0.474 e. The molecule has 3 rings (SSSR count). The summed E-state index contributed by atoms with van der Waals surface area (Å²) in [6.07, 6.45) is 0. The van der Waals surface area contributed by atoms with Gasteiger partial charge in [0.05, 0.1) is 18.3 Å². The normalized spacial score (nSPS) is 16.1. The Bertz CT molecular complexity index is 1040. The van der Waals surface area contributed by atoms with Gasteiger partial charge in [-0.15, -0.1) is 0 Å². The predicted molar refractivity (Wildman–Crippen MR) is 148 cm³/mol. The van der Waals surface area contributed by atoms with E-state index in [2.05, 4.69) is 100.0 Å². The average molecular weight is 634 g/mol. The van der Waals surface area contributed by atoms with Crippen molar-refractivity contribution in [2.75, 3.05) is 6.61 Å². The molecule has 0 amide bonds. The Morgan fingerprint density at radius 3 is 2.00 bits per heavy atom. The van der Waals surface area contributed by atoms with Gasteiger partial charge in [-0.3, -0.25) is 0 Å². The van der Waals surface area contributed by atoms with Gasteiger partial charge in [-0.05, 0) is 28.4 Å². The molecule has 2 aromatic rings. The number of rotatable bonds is 5. The fourth-order valence-corrected chi connectivity index (χ4v) is 3.63. The predicted octanol–water partition coefficient (Wildman–Crippen LogP) is 9.14. The molecular weight excluding hydrogens is 601 g/mol. The molecule has 4 nitrogen and oxygen atoms in total. The summed E-state index contributed by atoms with van der Waals surface area (Å²) in [5, 5.41) is 0. The van der Waals surface area contributed by atoms with Crippen LogP contribution >= 0.6 is 28.5 Å². The van der Waals surface area contributed by atoms with Gasteiger partial charge in [0.2, 0.25) is 5.90 Å². The van der Waals surface area contributed by atoms with Crippen LogP contribution in [0.2, 0.25) is 0 Å². The Morgan fingerprint density at radius 2 is 1.59 bits per heavy atom. The summed E-state index contributed by atoms with van der Waals surface area (Å²) in [7, 11) is 1.25. The third kappa shape index (κ3) is 7.51. The van der Waals surface area contributed by atoms with Gasteiger partial charge in [-0.1, -0.05) is 90.9 Å². The molecule has 0 fully saturated rings. The summed E-state index contributed by atoms with van der Waals surface area (Å²) in [4.78, 5) is 13.7. The molecular formula is C27H33Br2N3NiO. The van der Waals surface area contributed by atoms with E-state index in [0.29, 0.717) is 30.0 Å². The molecule has 0 bridgehead atoms. The first-order valence-corrected chi connectivity index (χ1v) is 16.1. The van der Waals surface area contributed by atoms with E-state index in [1.807, 2.05) is 24.3 Å². The van der Waals surface area contributed by atoms with Gasteiger partial charge >= 0.3 is 39.3 Å². The molecule has 0 N–H and O–H groups in total. The van der Waals surface area contributed by atoms with Crippen LogP contribution in [0.15, 0.2) is 52.4 Å². The second-order valence-corrected chi connectivity index (χ2v) is 14.9. The van der Waals surface area contributed by atoms with Crippen LogP contribution in [0.3, 0.4) is 0 Å². The van der Waals surface area contributed by atoms with Crippen LogP contribution in [0.1, 0.15) is 77.0 Å². The number of hydrogen-bond acceptors (Lipinski definition) is 3. The van der Waals surface area contributed by atoms with E-state index in [4.69, 9.17) is 21.3 Å². The van der Waals surface area contributed by atoms with E-state index in [-0.39, 0.29) is 11.5 Å². The van der Waals surface area contributed by atoms with Crippen molar-refractivity contribution in [1.29, 1.82) is 0 Å². The molecule has 0 unspecified atom stereocenters. The zero-order valence-electron chi connectivity index (χ0n) is 20.8. The molecule has 0 aliphatic carbocycles. The monoisotopic (exact) mass is 631 g/mol. The number of para-hydroxylation sites is 1. The number of ether oxygens (including phenoxy) is 1. The van der Waals surface area contributed by atoms with Crippen molar-refractivity contribution in [3.05, 3.63) is 70.6 Å². The fraction of sp³-hybridized carbons (Fsp3) is 0.444. The van der Waals surface area contributed by atoms with Crippen molar-refractivity contribution in [1.82, 2.24) is 0 Å². The van der Waals surface area contributed by atoms with Crippen molar-refractivity contribution in [3.8, 4) is 0 Å². The minimum absolute atomic E-state index is 0.0136. The van der Waals surface area contributed by atoms with Crippen LogP contribution in [-0.2, 0) is 15.6 Å². The van der Waals surface area contributed by atoms with Gasteiger partial charge in [0.1, 0.15) is 12.3 Å². The molecule has 0 saturated carbocycles. The summed E-state index contributed by atoms with van der Waals surface area (Å²) in [6, 6.07) is 14.0. The molecule has 1 aliphatic rings. The number of aliphatic imine (C=N–C) groups is 2. The Balaban J connectivity index is 0.00000129. The van der Waals surface area contributed by atoms with Crippen LogP contribution in [-0.4, -0.2) is 24.3 Å². The molecule has 7 heteroatoms. The largest absolute Gasteiger partial charge is 0.474 e. The first-order valence-electron chi connectivity index (χ1n) is 11.3. The first-order chi connectivity index (χ1) is 16.0. The van der Waals surface area contributed by atoms with Crippen LogP contribution in [0.4, 0.5) is 11.4 Å². The van der Waals surface area contributed by atoms with Crippen LogP contribution in [0.5, 0.6) is 0 Å². The Morgan fingerprint density at radius 1 is 1.06 bits per heavy atom. The van der Waals surface area contributed by atoms with Gasteiger partial charge in [-0.2, -0.15) is 0 Å². The summed E-state index contributed by atoms with van der Waals surface area (Å²) in [5.41, 5.74) is 5.70. The molecule has 186 valence electrons. The van der Waals surface area contributed by atoms with Gasteiger partial charge in [0.15, 0.2) is 5.69 Å². The molecule has 0 aromatic heterocycles. The molecule has 1 aliphatic heterocycles. The Hall–Kier alpha value is -1.48. The first kappa shape index (κ1) is 28.8. The van der Waals surface area contributed by atoms with E-state index in [1.165, 1.54) is 22.0 Å². The third-order valence-electron chi connectivity index (χ3n) is 5.69. The van der Waals surface area contributed by atoms with Gasteiger partial charge < -0.3 is 4.74 Å². The molecule has 1 heterocycles. The summed E-state index contributed by atoms with van der Waals surface area (Å²) in [6.45, 7) is 23.1. The molecule has 1 atom stereocenters. The molecule has 0 spiro atoms. The zero-order valence-corrected chi connectivity index (χ0v) is 25.0. The maximum absolute atomic E-state index is 7.26. The second-order valence-electron chi connectivity index (χ2n) is 9.89. The van der Waals surface area contributed by atoms with Gasteiger partial charge in [-0.25, -0.2) is 14.8 Å². The Kier molecular flexibility index (Phi) is 11.0. The second kappa shape index (κ2) is 13.0. The maximum Gasteiger partial charge on any atom is 0.236 e. The standard InChI is InChI=1S/C27H33N3O.2BrH.Ni/c1-17(2)21-10-9-11-22(18(3)4)25(21)30-24(19-12-14-20(28-8)15-13-19)26-29-23(16-31-26)27(5,6)7;;;/h9-15,17-18,23H,16H2,1-7H3;2*1H;/q;;;+2/p-2/t23-;;;/m1.../s1. The van der Waals surface area contributed by atoms with Crippen molar-refractivity contribution >= 4 is 51.4 Å². The molecule has 0 radical (unpaired) electrons. The van der Waals surface area contributed by atoms with E-state index in [9.17, 15) is 0 Å². The number of nitrogens with zero attached hydrogens (tertiary/aromatic N) is 3. The van der Waals surface area contributed by atoms with E-state index in [1.54, 1.807) is 0 Å². The minimum atomic E-state index is 0.0136. The topological polar surface area (TPSA) is 38.3 Å². The SMILES string of the molecule is [Br][Ni][Br].[C-]#[N+]c1ccc(C(=Nc2c(C(C)C)cccc2C(C)C)C2=N[C@@H](C(C)(C)C)CO2)cc1. The maximum atomic E-state index is 7.26. The average Bonchev–Trinajstić information content (AvgIpc) is 3.28. The quantitative estimate of drug-likeness (QED) is 0.184. The van der Waals surface area contributed by atoms with Crippen molar-refractivity contribution in [2.45, 2.75) is 66.3 Å². The summed E-state index contributed by atoms with van der Waals surface area (Å²) >= 11 is 6.00. The third-order valence-corrected chi connectivity index (χ3v) is 5.69. The Labute approximate surface area is 224 Å². The van der Waals surface area contributed by atoms with E-state index in [0.717, 1.165) is 17.0 Å². The van der Waals surface area contributed by atoms with E-state index < -0.39 is 0 Å².